The first kappa shape index (κ1) is 18.5. The number of fused-ring (bicyclic) bond motifs is 3. The minimum atomic E-state index is -1.17. The van der Waals surface area contributed by atoms with E-state index in [0.717, 1.165) is 53.6 Å². The molecule has 0 radical (unpaired) electrons. The van der Waals surface area contributed by atoms with Crippen LogP contribution in [0.2, 0.25) is 0 Å². The zero-order valence-corrected chi connectivity index (χ0v) is 16.5. The van der Waals surface area contributed by atoms with Crippen molar-refractivity contribution in [2.45, 2.75) is 37.9 Å². The molecule has 0 fully saturated rings. The number of rotatable bonds is 7. The highest BCUT2D eigenvalue weighted by atomic mass is 32.2. The third-order valence-electron chi connectivity index (χ3n) is 4.71. The summed E-state index contributed by atoms with van der Waals surface area (Å²) in [4.78, 5) is 17.4. The number of unbranched alkanes of at least 4 members (excludes halogenated alkanes) is 1. The molecule has 7 nitrogen and oxygen atoms in total. The van der Waals surface area contributed by atoms with E-state index in [9.17, 15) is 4.21 Å². The van der Waals surface area contributed by atoms with Crippen LogP contribution in [0.3, 0.4) is 0 Å². The Balaban J connectivity index is 1.57. The molecular weight excluding hydrogens is 372 g/mol. The number of nitrogen functional groups attached to an aromatic ring is 1. The van der Waals surface area contributed by atoms with Gasteiger partial charge in [-0.25, -0.2) is 19.9 Å². The van der Waals surface area contributed by atoms with Crippen molar-refractivity contribution in [2.24, 2.45) is 0 Å². The fourth-order valence-corrected chi connectivity index (χ4v) is 4.42. The maximum Gasteiger partial charge on any atom is 0.218 e. The lowest BCUT2D eigenvalue weighted by atomic mass is 10.2. The Kier molecular flexibility index (Phi) is 5.29. The predicted octanol–water partition coefficient (Wildman–Crippen LogP) is 3.11. The van der Waals surface area contributed by atoms with Crippen molar-refractivity contribution in [3.63, 3.8) is 0 Å². The van der Waals surface area contributed by atoms with E-state index in [2.05, 4.69) is 32.5 Å². The Morgan fingerprint density at radius 3 is 2.64 bits per heavy atom. The Labute approximate surface area is 165 Å². The molecule has 0 aliphatic rings. The molecular formula is C20H22N6OS. The van der Waals surface area contributed by atoms with Crippen LogP contribution in [0.15, 0.2) is 47.9 Å². The van der Waals surface area contributed by atoms with Crippen LogP contribution < -0.4 is 5.73 Å². The minimum Gasteiger partial charge on any atom is -0.382 e. The number of hydrogen-bond donors (Lipinski definition) is 1. The number of benzene rings is 1. The van der Waals surface area contributed by atoms with E-state index in [1.807, 2.05) is 18.2 Å². The van der Waals surface area contributed by atoms with Gasteiger partial charge in [0, 0.05) is 36.5 Å². The summed E-state index contributed by atoms with van der Waals surface area (Å²) in [6.45, 7) is 2.88. The minimum absolute atomic E-state index is 0.398. The van der Waals surface area contributed by atoms with E-state index < -0.39 is 10.8 Å². The van der Waals surface area contributed by atoms with Gasteiger partial charge in [0.1, 0.15) is 11.3 Å². The molecule has 4 aromatic rings. The Morgan fingerprint density at radius 1 is 1.07 bits per heavy atom. The number of anilines is 1. The summed E-state index contributed by atoms with van der Waals surface area (Å²) in [5.41, 5.74) is 8.85. The number of pyridine rings is 1. The average Bonchev–Trinajstić information content (AvgIpc) is 3.11. The Hall–Kier alpha value is -2.87. The maximum absolute atomic E-state index is 12.3. The van der Waals surface area contributed by atoms with Gasteiger partial charge in [-0.1, -0.05) is 25.1 Å². The van der Waals surface area contributed by atoms with Crippen molar-refractivity contribution < 1.29 is 4.21 Å². The second-order valence-corrected chi connectivity index (χ2v) is 8.00. The quantitative estimate of drug-likeness (QED) is 0.382. The number of nitrogens with zero attached hydrogens (tertiary/aromatic N) is 5. The highest BCUT2D eigenvalue weighted by Gasteiger charge is 2.16. The van der Waals surface area contributed by atoms with Gasteiger partial charge < -0.3 is 10.3 Å². The van der Waals surface area contributed by atoms with Crippen LogP contribution in [0.5, 0.6) is 0 Å². The van der Waals surface area contributed by atoms with Gasteiger partial charge in [-0.05, 0) is 25.0 Å². The molecule has 1 unspecified atom stereocenters. The second kappa shape index (κ2) is 8.02. The van der Waals surface area contributed by atoms with Crippen molar-refractivity contribution in [3.05, 3.63) is 48.5 Å². The highest BCUT2D eigenvalue weighted by molar-refractivity contribution is 7.84. The summed E-state index contributed by atoms with van der Waals surface area (Å²) in [7, 11) is -1.17. The summed E-state index contributed by atoms with van der Waals surface area (Å²) in [6.07, 6.45) is 5.75. The van der Waals surface area contributed by atoms with Gasteiger partial charge in [-0.2, -0.15) is 0 Å². The fourth-order valence-electron chi connectivity index (χ4n) is 3.41. The zero-order chi connectivity index (χ0) is 19.5. The SMILES string of the molecule is CCc1nc2c(N)nc3ccccc3c2n1CCCCS(=O)c1ncccn1. The summed E-state index contributed by atoms with van der Waals surface area (Å²) in [5.74, 6) is 2.00. The normalized spacial score (nSPS) is 12.6. The molecule has 1 aromatic carbocycles. The smallest absolute Gasteiger partial charge is 0.218 e. The van der Waals surface area contributed by atoms with Crippen LogP contribution in [0.25, 0.3) is 21.9 Å². The molecule has 3 heterocycles. The van der Waals surface area contributed by atoms with E-state index in [1.54, 1.807) is 18.5 Å². The molecule has 1 atom stereocenters. The molecule has 4 rings (SSSR count). The lowest BCUT2D eigenvalue weighted by Crippen LogP contribution is -2.07. The molecule has 144 valence electrons. The zero-order valence-electron chi connectivity index (χ0n) is 15.7. The van der Waals surface area contributed by atoms with E-state index in [-0.39, 0.29) is 0 Å². The van der Waals surface area contributed by atoms with Gasteiger partial charge >= 0.3 is 0 Å². The standard InChI is InChI=1S/C20H22N6OS/c1-2-16-25-17-18(14-8-3-4-9-15(14)24-19(17)21)26(16)12-5-6-13-28(27)20-22-10-7-11-23-20/h3-4,7-11H,2,5-6,12-13H2,1H3,(H2,21,24). The molecule has 3 aromatic heterocycles. The maximum atomic E-state index is 12.3. The van der Waals surface area contributed by atoms with Crippen LogP contribution in [0.4, 0.5) is 5.82 Å². The summed E-state index contributed by atoms with van der Waals surface area (Å²) in [6, 6.07) is 9.72. The first-order valence-corrected chi connectivity index (χ1v) is 10.7. The molecule has 0 spiro atoms. The number of para-hydroxylation sites is 1. The number of imidazole rings is 1. The molecule has 0 aliphatic heterocycles. The van der Waals surface area contributed by atoms with Gasteiger partial charge in [0.05, 0.1) is 21.8 Å². The largest absolute Gasteiger partial charge is 0.382 e. The molecule has 0 aliphatic carbocycles. The molecule has 28 heavy (non-hydrogen) atoms. The van der Waals surface area contributed by atoms with Crippen molar-refractivity contribution in [1.29, 1.82) is 0 Å². The number of hydrogen-bond acceptors (Lipinski definition) is 6. The third kappa shape index (κ3) is 3.47. The van der Waals surface area contributed by atoms with Crippen LogP contribution in [-0.2, 0) is 23.8 Å². The van der Waals surface area contributed by atoms with E-state index in [0.29, 0.717) is 16.7 Å². The van der Waals surface area contributed by atoms with Crippen LogP contribution in [0, 0.1) is 0 Å². The van der Waals surface area contributed by atoms with Gasteiger partial charge in [0.15, 0.2) is 5.82 Å². The van der Waals surface area contributed by atoms with Gasteiger partial charge in [0.25, 0.3) is 0 Å². The number of nitrogens with two attached hydrogens (primary N) is 1. The first-order chi connectivity index (χ1) is 13.7. The van der Waals surface area contributed by atoms with Gasteiger partial charge in [0.2, 0.25) is 5.16 Å². The Bertz CT molecular complexity index is 1140. The van der Waals surface area contributed by atoms with E-state index in [4.69, 9.17) is 10.7 Å². The summed E-state index contributed by atoms with van der Waals surface area (Å²) in [5, 5.41) is 1.45. The molecule has 0 saturated carbocycles. The van der Waals surface area contributed by atoms with Crippen molar-refractivity contribution in [3.8, 4) is 0 Å². The summed E-state index contributed by atoms with van der Waals surface area (Å²) < 4.78 is 14.5. The number of aromatic nitrogens is 5. The third-order valence-corrected chi connectivity index (χ3v) is 5.99. The number of aryl methyl sites for hydroxylation is 2. The fraction of sp³-hybridized carbons (Fsp3) is 0.300. The highest BCUT2D eigenvalue weighted by Crippen LogP contribution is 2.29. The molecule has 0 amide bonds. The average molecular weight is 395 g/mol. The van der Waals surface area contributed by atoms with Crippen LogP contribution >= 0.6 is 0 Å². The first-order valence-electron chi connectivity index (χ1n) is 9.37. The Morgan fingerprint density at radius 2 is 1.86 bits per heavy atom. The van der Waals surface area contributed by atoms with Crippen molar-refractivity contribution in [1.82, 2.24) is 24.5 Å². The van der Waals surface area contributed by atoms with Gasteiger partial charge in [-0.15, -0.1) is 0 Å². The van der Waals surface area contributed by atoms with E-state index >= 15 is 0 Å². The second-order valence-electron chi connectivity index (χ2n) is 6.53. The van der Waals surface area contributed by atoms with Crippen molar-refractivity contribution >= 4 is 38.6 Å². The lowest BCUT2D eigenvalue weighted by molar-refractivity contribution is 0.616. The topological polar surface area (TPSA) is 99.6 Å². The van der Waals surface area contributed by atoms with E-state index in [1.165, 1.54) is 0 Å². The monoisotopic (exact) mass is 394 g/mol. The van der Waals surface area contributed by atoms with Crippen molar-refractivity contribution in [2.75, 3.05) is 11.5 Å². The van der Waals surface area contributed by atoms with Crippen LogP contribution in [-0.4, -0.2) is 34.5 Å². The predicted molar refractivity (Wildman–Crippen MR) is 111 cm³/mol. The molecule has 0 saturated heterocycles. The summed E-state index contributed by atoms with van der Waals surface area (Å²) >= 11 is 0. The van der Waals surface area contributed by atoms with Gasteiger partial charge in [-0.3, -0.25) is 4.21 Å². The lowest BCUT2D eigenvalue weighted by Gasteiger charge is -2.10. The molecule has 8 heteroatoms. The van der Waals surface area contributed by atoms with Crippen LogP contribution in [0.1, 0.15) is 25.6 Å². The molecule has 2 N–H and O–H groups in total. The molecule has 0 bridgehead atoms.